The molecule has 0 fully saturated rings. The Morgan fingerprint density at radius 1 is 1.43 bits per heavy atom. The molecule has 21 heavy (non-hydrogen) atoms. The van der Waals surface area contributed by atoms with Crippen LogP contribution in [0.4, 0.5) is 4.39 Å². The molecule has 0 radical (unpaired) electrons. The van der Waals surface area contributed by atoms with Crippen molar-refractivity contribution in [1.29, 1.82) is 0 Å². The Morgan fingerprint density at radius 3 is 2.81 bits per heavy atom. The highest BCUT2D eigenvalue weighted by molar-refractivity contribution is 6.08. The molecule has 1 aliphatic heterocycles. The number of phenols is 1. The summed E-state index contributed by atoms with van der Waals surface area (Å²) in [4.78, 5) is 23.6. The highest BCUT2D eigenvalue weighted by Gasteiger charge is 2.30. The number of fused-ring (bicyclic) bond motifs is 2. The van der Waals surface area contributed by atoms with Crippen LogP contribution in [0.5, 0.6) is 11.5 Å². The highest BCUT2D eigenvalue weighted by atomic mass is 19.1. The number of aromatic hydroxyl groups is 1. The number of rotatable bonds is 1. The molecule has 0 bridgehead atoms. The van der Waals surface area contributed by atoms with Gasteiger partial charge >= 0.3 is 5.63 Å². The van der Waals surface area contributed by atoms with Crippen LogP contribution >= 0.6 is 0 Å². The molecule has 3 rings (SSSR count). The van der Waals surface area contributed by atoms with Gasteiger partial charge in [-0.15, -0.1) is 0 Å². The molecule has 0 saturated carbocycles. The minimum absolute atomic E-state index is 0.0106. The Hall–Kier alpha value is -2.37. The van der Waals surface area contributed by atoms with Gasteiger partial charge in [0.05, 0.1) is 5.39 Å². The molecular formula is C15H13FO5. The van der Waals surface area contributed by atoms with Gasteiger partial charge in [0.25, 0.3) is 0 Å². The highest BCUT2D eigenvalue weighted by Crippen LogP contribution is 2.41. The number of carbonyl (C=O) groups is 1. The smallest absolute Gasteiger partial charge is 0.372 e. The molecule has 1 aliphatic rings. The zero-order valence-electron chi connectivity index (χ0n) is 11.5. The third kappa shape index (κ3) is 1.90. The van der Waals surface area contributed by atoms with E-state index in [-0.39, 0.29) is 58.3 Å². The number of ketones is 1. The molecule has 1 unspecified atom stereocenters. The van der Waals surface area contributed by atoms with Crippen LogP contribution in [0.2, 0.25) is 0 Å². The second-order valence-corrected chi connectivity index (χ2v) is 5.06. The number of Topliss-reactive ketones (excluding diaryl/α,β-unsaturated/α-hetero) is 1. The molecule has 0 spiro atoms. The van der Waals surface area contributed by atoms with Gasteiger partial charge in [-0.2, -0.15) is 4.39 Å². The zero-order valence-corrected chi connectivity index (χ0v) is 11.5. The monoisotopic (exact) mass is 292 g/mol. The largest absolute Gasteiger partial charge is 0.506 e. The van der Waals surface area contributed by atoms with Crippen LogP contribution in [-0.4, -0.2) is 17.0 Å². The fourth-order valence-electron chi connectivity index (χ4n) is 2.69. The summed E-state index contributed by atoms with van der Waals surface area (Å²) in [5, 5.41) is 10.4. The van der Waals surface area contributed by atoms with Crippen molar-refractivity contribution in [3.8, 4) is 11.5 Å². The fourth-order valence-corrected chi connectivity index (χ4v) is 2.69. The number of ether oxygens (including phenoxy) is 1. The van der Waals surface area contributed by atoms with Gasteiger partial charge in [-0.25, -0.2) is 4.79 Å². The van der Waals surface area contributed by atoms with Crippen LogP contribution in [0.1, 0.15) is 36.2 Å². The van der Waals surface area contributed by atoms with Crippen molar-refractivity contribution < 1.29 is 23.4 Å². The predicted molar refractivity (Wildman–Crippen MR) is 72.5 cm³/mol. The van der Waals surface area contributed by atoms with E-state index in [9.17, 15) is 19.1 Å². The molecule has 1 N–H and O–H groups in total. The summed E-state index contributed by atoms with van der Waals surface area (Å²) in [6.07, 6.45) is -0.0157. The molecule has 6 heteroatoms. The van der Waals surface area contributed by atoms with Gasteiger partial charge in [-0.05, 0) is 13.3 Å². The second-order valence-electron chi connectivity index (χ2n) is 5.06. The van der Waals surface area contributed by atoms with E-state index in [1.807, 2.05) is 0 Å². The molecule has 0 saturated heterocycles. The lowest BCUT2D eigenvalue weighted by Crippen LogP contribution is -2.24. The van der Waals surface area contributed by atoms with E-state index in [0.717, 1.165) is 0 Å². The molecular weight excluding hydrogens is 279 g/mol. The summed E-state index contributed by atoms with van der Waals surface area (Å²) >= 11 is 0. The Labute approximate surface area is 118 Å². The summed E-state index contributed by atoms with van der Waals surface area (Å²) in [5.74, 6) is -1.56. The first kappa shape index (κ1) is 13.6. The van der Waals surface area contributed by atoms with Gasteiger partial charge in [-0.1, -0.05) is 6.92 Å². The predicted octanol–water partition coefficient (Wildman–Crippen LogP) is 2.55. The minimum atomic E-state index is -1.10. The average Bonchev–Trinajstić information content (AvgIpc) is 2.40. The Kier molecular flexibility index (Phi) is 2.97. The normalized spacial score (nSPS) is 17.7. The van der Waals surface area contributed by atoms with Crippen LogP contribution < -0.4 is 10.4 Å². The van der Waals surface area contributed by atoms with Crippen molar-refractivity contribution in [2.45, 2.75) is 32.8 Å². The van der Waals surface area contributed by atoms with Crippen LogP contribution in [0, 0.1) is 5.82 Å². The lowest BCUT2D eigenvalue weighted by atomic mass is 9.96. The van der Waals surface area contributed by atoms with Crippen molar-refractivity contribution in [3.63, 3.8) is 0 Å². The SMILES string of the molecule is CCc1c(F)c(=O)oc2cc3c(c(O)c12)C(=O)CC(C)O3. The molecule has 1 atom stereocenters. The van der Waals surface area contributed by atoms with Gasteiger partial charge in [0.2, 0.25) is 5.82 Å². The maximum atomic E-state index is 13.9. The topological polar surface area (TPSA) is 76.7 Å². The first-order chi connectivity index (χ1) is 9.93. The fraction of sp³-hybridized carbons (Fsp3) is 0.333. The molecule has 5 nitrogen and oxygen atoms in total. The van der Waals surface area contributed by atoms with E-state index < -0.39 is 11.4 Å². The van der Waals surface area contributed by atoms with Crippen molar-refractivity contribution in [3.05, 3.63) is 33.4 Å². The second kappa shape index (κ2) is 4.58. The van der Waals surface area contributed by atoms with Crippen molar-refractivity contribution in [2.24, 2.45) is 0 Å². The number of hydrogen-bond acceptors (Lipinski definition) is 5. The van der Waals surface area contributed by atoms with E-state index in [2.05, 4.69) is 0 Å². The van der Waals surface area contributed by atoms with Gasteiger partial charge < -0.3 is 14.3 Å². The third-order valence-corrected chi connectivity index (χ3v) is 3.61. The minimum Gasteiger partial charge on any atom is -0.506 e. The first-order valence-electron chi connectivity index (χ1n) is 6.65. The Morgan fingerprint density at radius 2 is 2.14 bits per heavy atom. The lowest BCUT2D eigenvalue weighted by molar-refractivity contribution is 0.0867. The van der Waals surface area contributed by atoms with Gasteiger partial charge in [0.15, 0.2) is 5.78 Å². The number of halogens is 1. The van der Waals surface area contributed by atoms with Gasteiger partial charge in [-0.3, -0.25) is 4.79 Å². The number of benzene rings is 1. The molecule has 0 amide bonds. The van der Waals surface area contributed by atoms with Crippen LogP contribution in [0.15, 0.2) is 15.3 Å². The quantitative estimate of drug-likeness (QED) is 0.817. The Balaban J connectivity index is 2.46. The standard InChI is InChI=1S/C15H13FO5/c1-3-7-11-9(21-15(19)13(7)16)5-10-12(14(11)18)8(17)4-6(2)20-10/h5-6,18H,3-4H2,1-2H3. The number of aryl methyl sites for hydroxylation is 1. The van der Waals surface area contributed by atoms with E-state index in [1.165, 1.54) is 6.07 Å². The van der Waals surface area contributed by atoms with E-state index in [1.54, 1.807) is 13.8 Å². The number of phenolic OH excluding ortho intramolecular Hbond substituents is 1. The van der Waals surface area contributed by atoms with Crippen LogP contribution in [0.25, 0.3) is 11.0 Å². The molecule has 0 aliphatic carbocycles. The van der Waals surface area contributed by atoms with Gasteiger partial charge in [0, 0.05) is 18.1 Å². The molecule has 2 aromatic rings. The van der Waals surface area contributed by atoms with Gasteiger partial charge in [0.1, 0.15) is 28.7 Å². The zero-order chi connectivity index (χ0) is 15.3. The van der Waals surface area contributed by atoms with E-state index in [0.29, 0.717) is 0 Å². The molecule has 110 valence electrons. The van der Waals surface area contributed by atoms with Crippen molar-refractivity contribution >= 4 is 16.8 Å². The molecule has 2 heterocycles. The van der Waals surface area contributed by atoms with Crippen LogP contribution in [0.3, 0.4) is 0 Å². The first-order valence-corrected chi connectivity index (χ1v) is 6.65. The maximum absolute atomic E-state index is 13.9. The number of hydrogen-bond donors (Lipinski definition) is 1. The van der Waals surface area contributed by atoms with Crippen LogP contribution in [-0.2, 0) is 6.42 Å². The summed E-state index contributed by atoms with van der Waals surface area (Å²) in [7, 11) is 0. The van der Waals surface area contributed by atoms with Crippen molar-refractivity contribution in [1.82, 2.24) is 0 Å². The summed E-state index contributed by atoms with van der Waals surface area (Å²) in [6, 6.07) is 1.36. The Bertz CT molecular complexity index is 821. The summed E-state index contributed by atoms with van der Waals surface area (Å²) in [6.45, 7) is 3.37. The summed E-state index contributed by atoms with van der Waals surface area (Å²) < 4.78 is 24.2. The molecule has 1 aromatic heterocycles. The molecule has 1 aromatic carbocycles. The van der Waals surface area contributed by atoms with Crippen molar-refractivity contribution in [2.75, 3.05) is 0 Å². The number of carbonyl (C=O) groups excluding carboxylic acids is 1. The third-order valence-electron chi connectivity index (χ3n) is 3.61. The van der Waals surface area contributed by atoms with E-state index in [4.69, 9.17) is 9.15 Å². The lowest BCUT2D eigenvalue weighted by Gasteiger charge is -2.23. The summed E-state index contributed by atoms with van der Waals surface area (Å²) in [5.41, 5.74) is -1.04. The maximum Gasteiger partial charge on any atom is 0.372 e. The van der Waals surface area contributed by atoms with E-state index >= 15 is 0 Å². The average molecular weight is 292 g/mol.